The second-order valence-electron chi connectivity index (χ2n) is 25.7. The Morgan fingerprint density at radius 1 is 0.811 bits per heavy atom. The molecule has 24 nitrogen and oxygen atoms in total. The number of allylic oxidation sites excluding steroid dienone is 1. The van der Waals surface area contributed by atoms with Gasteiger partial charge in [-0.25, -0.2) is 29.1 Å². The number of hydrogen-bond donors (Lipinski definition) is 11. The van der Waals surface area contributed by atoms with E-state index in [1.807, 2.05) is 0 Å². The first-order valence-corrected chi connectivity index (χ1v) is 34.8. The van der Waals surface area contributed by atoms with E-state index in [1.54, 1.807) is 33.7 Å². The van der Waals surface area contributed by atoms with Crippen LogP contribution in [0.5, 0.6) is 0 Å². The lowest BCUT2D eigenvalue weighted by atomic mass is 9.47. The molecule has 90 heavy (non-hydrogen) atoms. The maximum absolute atomic E-state index is 12.9. The molecule has 26 heteroatoms. The number of hydrogen-bond acceptors (Lipinski definition) is 18. The number of aromatic amines is 1. The van der Waals surface area contributed by atoms with Crippen LogP contribution in [-0.2, 0) is 30.4 Å². The molecule has 10 atom stereocenters. The Morgan fingerprint density at radius 2 is 1.57 bits per heavy atom. The highest BCUT2D eigenvalue weighted by Gasteiger charge is 2.59. The normalized spacial score (nSPS) is 23.0. The Hall–Kier alpha value is -6.67. The fourth-order valence-electron chi connectivity index (χ4n) is 14.3. The lowest BCUT2D eigenvalue weighted by Crippen LogP contribution is -2.51. The fraction of sp³-hybridized carbons (Fsp3) is 0.672. The summed E-state index contributed by atoms with van der Waals surface area (Å²) in [6.45, 7) is 15.0. The number of nitrogens with zero attached hydrogens (tertiary/aromatic N) is 4. The highest BCUT2D eigenvalue weighted by molar-refractivity contribution is 8.76. The van der Waals surface area contributed by atoms with Crippen molar-refractivity contribution in [3.05, 3.63) is 63.7 Å². The molecule has 3 fully saturated rings. The SMILES string of the molecule is CC(C)CCCC(C)C1CCC2C3CC=C4CC(OC(=O)NCCN=C(N)CCCSSCCNCCOC(=O)NCCCCC(NC(=O)CCC(NC(=O)c5ccc(NCc6cnc7nc(N)[nH]c(=O)c7n6)cc5)C(=O)O)C(=O)O)CCC4(C)C3CCC12C. The minimum absolute atomic E-state index is 0.0264. The lowest BCUT2D eigenvalue weighted by molar-refractivity contribution is -0.142. The third kappa shape index (κ3) is 20.7. The number of alkyl carbamates (subject to hydrolysis) is 2. The first kappa shape index (κ1) is 70.8. The number of carboxylic acid groups (broad SMARTS) is 2. The van der Waals surface area contributed by atoms with Crippen molar-refractivity contribution in [1.29, 1.82) is 0 Å². The van der Waals surface area contributed by atoms with Gasteiger partial charge < -0.3 is 63.1 Å². The molecule has 0 bridgehead atoms. The van der Waals surface area contributed by atoms with Crippen molar-refractivity contribution in [3.8, 4) is 0 Å². The lowest BCUT2D eigenvalue weighted by Gasteiger charge is -2.58. The van der Waals surface area contributed by atoms with Gasteiger partial charge in [-0.3, -0.25) is 24.4 Å². The number of benzene rings is 1. The molecule has 4 aliphatic carbocycles. The maximum Gasteiger partial charge on any atom is 0.407 e. The number of ether oxygens (including phenoxy) is 2. The van der Waals surface area contributed by atoms with Crippen LogP contribution in [-0.4, -0.2) is 141 Å². The molecule has 3 saturated carbocycles. The van der Waals surface area contributed by atoms with E-state index >= 15 is 0 Å². The number of anilines is 2. The first-order chi connectivity index (χ1) is 43.1. The molecular weight excluding hydrogens is 1190 g/mol. The van der Waals surface area contributed by atoms with Crippen LogP contribution in [0.1, 0.15) is 166 Å². The molecule has 0 radical (unpaired) electrons. The van der Waals surface area contributed by atoms with E-state index in [9.17, 15) is 43.8 Å². The van der Waals surface area contributed by atoms with Gasteiger partial charge in [0.1, 0.15) is 24.8 Å². The van der Waals surface area contributed by atoms with Crippen LogP contribution in [0.15, 0.2) is 51.9 Å². The largest absolute Gasteiger partial charge is 0.480 e. The summed E-state index contributed by atoms with van der Waals surface area (Å²) >= 11 is 0. The van der Waals surface area contributed by atoms with Gasteiger partial charge in [0.25, 0.3) is 11.5 Å². The maximum atomic E-state index is 12.9. The monoisotopic (exact) mass is 1290 g/mol. The molecule has 0 saturated heterocycles. The van der Waals surface area contributed by atoms with Gasteiger partial charge in [-0.05, 0) is 148 Å². The molecule has 7 rings (SSSR count). The van der Waals surface area contributed by atoms with Crippen molar-refractivity contribution in [2.75, 3.05) is 61.9 Å². The number of amidine groups is 1. The van der Waals surface area contributed by atoms with Crippen molar-refractivity contribution >= 4 is 86.2 Å². The zero-order valence-corrected chi connectivity index (χ0v) is 54.7. The number of carboxylic acids is 2. The summed E-state index contributed by atoms with van der Waals surface area (Å²) in [4.78, 5) is 106. The number of aromatic nitrogens is 4. The number of unbranched alkanes of at least 4 members (excludes halogenated alkanes) is 1. The predicted octanol–water partition coefficient (Wildman–Crippen LogP) is 8.58. The Balaban J connectivity index is 0.652. The molecule has 2 aromatic heterocycles. The Labute approximate surface area is 536 Å². The van der Waals surface area contributed by atoms with E-state index in [1.165, 1.54) is 75.3 Å². The fourth-order valence-corrected chi connectivity index (χ4v) is 16.3. The van der Waals surface area contributed by atoms with Crippen LogP contribution in [0.25, 0.3) is 11.2 Å². The second kappa shape index (κ2) is 34.7. The molecule has 3 aromatic rings. The quantitative estimate of drug-likeness (QED) is 0.00853. The van der Waals surface area contributed by atoms with Gasteiger partial charge in [0, 0.05) is 68.2 Å². The van der Waals surface area contributed by atoms with Crippen molar-refractivity contribution in [2.24, 2.45) is 57.1 Å². The number of rotatable bonds is 36. The van der Waals surface area contributed by atoms with Gasteiger partial charge in [0.15, 0.2) is 11.2 Å². The molecule has 4 aliphatic rings. The van der Waals surface area contributed by atoms with Gasteiger partial charge in [-0.15, -0.1) is 0 Å². The highest BCUT2D eigenvalue weighted by Crippen LogP contribution is 2.67. The van der Waals surface area contributed by atoms with E-state index in [0.717, 1.165) is 79.2 Å². The van der Waals surface area contributed by atoms with E-state index in [-0.39, 0.29) is 79.2 Å². The van der Waals surface area contributed by atoms with E-state index < -0.39 is 47.5 Å². The first-order valence-electron chi connectivity index (χ1n) is 32.3. The van der Waals surface area contributed by atoms with Crippen molar-refractivity contribution in [2.45, 2.75) is 175 Å². The van der Waals surface area contributed by atoms with Gasteiger partial charge in [-0.1, -0.05) is 87.1 Å². The number of carbonyl (C=O) groups is 6. The molecule has 2 heterocycles. The number of nitrogens with two attached hydrogens (primary N) is 2. The number of nitrogen functional groups attached to an aromatic ring is 1. The zero-order valence-electron chi connectivity index (χ0n) is 53.1. The number of fused-ring (bicyclic) bond motifs is 6. The van der Waals surface area contributed by atoms with Crippen LogP contribution in [0.2, 0.25) is 0 Å². The summed E-state index contributed by atoms with van der Waals surface area (Å²) in [5.41, 5.74) is 14.7. The third-order valence-electron chi connectivity index (χ3n) is 19.0. The standard InChI is InChI=1S/C64H97N13O11S2/c1-39(2)10-8-11-40(3)47-20-21-48-46-19-16-42-36-45(24-26-63(42,4)49(46)25-27-64(47,48)5)88-62(86)70-30-29-68-52(65)13-9-34-89-90-35-32-67-31-33-87-61(85)69-28-7-6-12-50(58(81)82)74-53(78)23-22-51(59(83)84)75-56(79)41-14-17-43(18-15-41)71-37-44-38-72-55-54(73-44)57(80)77-60(66)76-55/h14-18,38-40,45-51,67,71H,6-13,19-37H2,1-5H3,(H2,65,68)(H,69,85)(H,70,86)(H,74,78)(H,75,79)(H,81,82)(H,83,84)(H3,66,72,76,77,80). The van der Waals surface area contributed by atoms with Gasteiger partial charge in [-0.2, -0.15) is 4.98 Å². The van der Waals surface area contributed by atoms with Crippen LogP contribution in [0.4, 0.5) is 21.2 Å². The molecule has 0 aliphatic heterocycles. The molecule has 496 valence electrons. The number of amides is 4. The summed E-state index contributed by atoms with van der Waals surface area (Å²) in [6, 6.07) is 3.43. The number of nitrogens with one attached hydrogen (secondary N) is 7. The zero-order chi connectivity index (χ0) is 64.8. The summed E-state index contributed by atoms with van der Waals surface area (Å²) in [7, 11) is 3.49. The smallest absolute Gasteiger partial charge is 0.407 e. The molecule has 0 spiro atoms. The Kier molecular flexibility index (Phi) is 27.3. The van der Waals surface area contributed by atoms with Crippen molar-refractivity contribution < 1.29 is 48.5 Å². The predicted molar refractivity (Wildman–Crippen MR) is 352 cm³/mol. The topological polar surface area (TPSA) is 369 Å². The molecule has 1 aromatic carbocycles. The molecule has 13 N–H and O–H groups in total. The summed E-state index contributed by atoms with van der Waals surface area (Å²) in [5.74, 6) is 3.01. The van der Waals surface area contributed by atoms with E-state index in [2.05, 4.69) is 97.5 Å². The minimum atomic E-state index is -1.44. The summed E-state index contributed by atoms with van der Waals surface area (Å²) in [5, 5.41) is 36.2. The van der Waals surface area contributed by atoms with Crippen molar-refractivity contribution in [1.82, 2.24) is 46.5 Å². The number of carbonyl (C=O) groups excluding carboxylic acids is 4. The third-order valence-corrected chi connectivity index (χ3v) is 21.5. The number of aliphatic carboxylic acids is 2. The Bertz CT molecular complexity index is 3020. The van der Waals surface area contributed by atoms with Gasteiger partial charge in [0.05, 0.1) is 30.8 Å². The average Bonchev–Trinajstić information content (AvgIpc) is 1.35. The number of aliphatic imine (C=N–C) groups is 1. The minimum Gasteiger partial charge on any atom is -0.480 e. The summed E-state index contributed by atoms with van der Waals surface area (Å²) < 4.78 is 11.2. The molecule has 4 amide bonds. The molecule has 10 unspecified atom stereocenters. The van der Waals surface area contributed by atoms with Crippen molar-refractivity contribution in [3.63, 3.8) is 0 Å². The van der Waals surface area contributed by atoms with Gasteiger partial charge >= 0.3 is 24.1 Å². The van der Waals surface area contributed by atoms with Gasteiger partial charge in [0.2, 0.25) is 11.9 Å². The average molecular weight is 1290 g/mol. The Morgan fingerprint density at radius 3 is 2.33 bits per heavy atom. The van der Waals surface area contributed by atoms with Crippen LogP contribution >= 0.6 is 21.6 Å². The second-order valence-corrected chi connectivity index (χ2v) is 28.4. The molecular formula is C64H97N13O11S2. The van der Waals surface area contributed by atoms with Crippen LogP contribution in [0.3, 0.4) is 0 Å². The van der Waals surface area contributed by atoms with Crippen LogP contribution in [0, 0.1) is 46.3 Å². The van der Waals surface area contributed by atoms with E-state index in [0.29, 0.717) is 61.5 Å². The van der Waals surface area contributed by atoms with Crippen LogP contribution < -0.4 is 48.9 Å². The number of H-pyrrole nitrogens is 1. The summed E-state index contributed by atoms with van der Waals surface area (Å²) in [6.07, 6.45) is 18.2. The van der Waals surface area contributed by atoms with E-state index in [4.69, 9.17) is 20.9 Å². The highest BCUT2D eigenvalue weighted by atomic mass is 33.1.